The first kappa shape index (κ1) is 23.0. The minimum Gasteiger partial charge on any atom is -0.466 e. The fourth-order valence-corrected chi connectivity index (χ4v) is 2.78. The number of alkyl carbamates (subject to hydrolysis) is 1. The maximum Gasteiger partial charge on any atom is 0.407 e. The van der Waals surface area contributed by atoms with E-state index in [0.717, 1.165) is 44.9 Å². The number of hydrogen-bond donors (Lipinski definition) is 2. The summed E-state index contributed by atoms with van der Waals surface area (Å²) in [5.41, 5.74) is -0.490. The highest BCUT2D eigenvalue weighted by atomic mass is 16.6. The summed E-state index contributed by atoms with van der Waals surface area (Å²) in [5, 5.41) is 6.04. The van der Waals surface area contributed by atoms with Crippen molar-refractivity contribution in [2.45, 2.75) is 59.5 Å². The van der Waals surface area contributed by atoms with Crippen LogP contribution in [0.2, 0.25) is 0 Å². The van der Waals surface area contributed by atoms with Gasteiger partial charge in [-0.1, -0.05) is 0 Å². The van der Waals surface area contributed by atoms with E-state index in [-0.39, 0.29) is 11.9 Å². The minimum absolute atomic E-state index is 0.0119. The predicted molar refractivity (Wildman–Crippen MR) is 106 cm³/mol. The molecular formula is C19H36N4O4. The molecule has 1 saturated heterocycles. The van der Waals surface area contributed by atoms with Crippen LogP contribution in [0.3, 0.4) is 0 Å². The molecule has 0 atom stereocenters. The third kappa shape index (κ3) is 9.49. The summed E-state index contributed by atoms with van der Waals surface area (Å²) >= 11 is 0. The van der Waals surface area contributed by atoms with Gasteiger partial charge >= 0.3 is 12.1 Å². The van der Waals surface area contributed by atoms with Crippen LogP contribution >= 0.6 is 0 Å². The van der Waals surface area contributed by atoms with Gasteiger partial charge in [-0.05, 0) is 53.9 Å². The van der Waals surface area contributed by atoms with Crippen molar-refractivity contribution >= 4 is 18.0 Å². The smallest absolute Gasteiger partial charge is 0.407 e. The van der Waals surface area contributed by atoms with Gasteiger partial charge in [-0.15, -0.1) is 0 Å². The van der Waals surface area contributed by atoms with Crippen molar-refractivity contribution in [2.75, 3.05) is 39.3 Å². The number of carbonyl (C=O) groups is 2. The van der Waals surface area contributed by atoms with E-state index >= 15 is 0 Å². The number of guanidine groups is 1. The summed E-state index contributed by atoms with van der Waals surface area (Å²) < 4.78 is 10.3. The van der Waals surface area contributed by atoms with E-state index < -0.39 is 11.7 Å². The number of hydrogen-bond acceptors (Lipinski definition) is 5. The van der Waals surface area contributed by atoms with E-state index in [2.05, 4.69) is 20.5 Å². The van der Waals surface area contributed by atoms with E-state index in [4.69, 9.17) is 9.47 Å². The van der Waals surface area contributed by atoms with Crippen molar-refractivity contribution in [3.8, 4) is 0 Å². The van der Waals surface area contributed by atoms with Crippen LogP contribution in [0, 0.1) is 5.92 Å². The van der Waals surface area contributed by atoms with Crippen LogP contribution in [0.15, 0.2) is 4.99 Å². The Kier molecular flexibility index (Phi) is 9.96. The molecule has 1 aliphatic heterocycles. The molecule has 27 heavy (non-hydrogen) atoms. The van der Waals surface area contributed by atoms with Gasteiger partial charge in [0.2, 0.25) is 0 Å². The van der Waals surface area contributed by atoms with Crippen molar-refractivity contribution in [3.63, 3.8) is 0 Å². The van der Waals surface area contributed by atoms with E-state index in [0.29, 0.717) is 19.7 Å². The predicted octanol–water partition coefficient (Wildman–Crippen LogP) is 2.14. The standard InChI is InChI=1S/C19H36N4O4/c1-6-20-17(21-11-8-12-22-18(25)27-19(3,4)5)23-13-9-15(10-14-23)16(24)26-7-2/h15H,6-14H2,1-5H3,(H,20,21)(H,22,25). The molecule has 0 saturated carbocycles. The molecule has 1 aliphatic rings. The average Bonchev–Trinajstić information content (AvgIpc) is 2.59. The highest BCUT2D eigenvalue weighted by molar-refractivity contribution is 5.80. The molecular weight excluding hydrogens is 348 g/mol. The Morgan fingerprint density at radius 1 is 1.15 bits per heavy atom. The zero-order valence-corrected chi connectivity index (χ0v) is 17.5. The lowest BCUT2D eigenvalue weighted by Gasteiger charge is -2.33. The first-order chi connectivity index (χ1) is 12.8. The highest BCUT2D eigenvalue weighted by Crippen LogP contribution is 2.18. The summed E-state index contributed by atoms with van der Waals surface area (Å²) in [4.78, 5) is 30.3. The number of rotatable bonds is 7. The third-order valence-corrected chi connectivity index (χ3v) is 4.01. The molecule has 8 nitrogen and oxygen atoms in total. The van der Waals surface area contributed by atoms with Gasteiger partial charge in [0, 0.05) is 32.7 Å². The molecule has 1 amide bonds. The number of piperidine rings is 1. The van der Waals surface area contributed by atoms with Crippen LogP contribution in [-0.4, -0.2) is 67.9 Å². The fourth-order valence-electron chi connectivity index (χ4n) is 2.78. The molecule has 156 valence electrons. The molecule has 1 rings (SSSR count). The highest BCUT2D eigenvalue weighted by Gasteiger charge is 2.27. The number of carbonyl (C=O) groups excluding carboxylic acids is 2. The molecule has 0 aromatic heterocycles. The average molecular weight is 385 g/mol. The van der Waals surface area contributed by atoms with Crippen LogP contribution in [0.25, 0.3) is 0 Å². The van der Waals surface area contributed by atoms with Crippen molar-refractivity contribution < 1.29 is 19.1 Å². The van der Waals surface area contributed by atoms with E-state index in [1.807, 2.05) is 34.6 Å². The Bertz CT molecular complexity index is 494. The minimum atomic E-state index is -0.490. The molecule has 2 N–H and O–H groups in total. The van der Waals surface area contributed by atoms with Crippen molar-refractivity contribution in [2.24, 2.45) is 10.9 Å². The van der Waals surface area contributed by atoms with Gasteiger partial charge in [0.25, 0.3) is 0 Å². The number of esters is 1. The van der Waals surface area contributed by atoms with Crippen LogP contribution in [0.1, 0.15) is 53.9 Å². The first-order valence-electron chi connectivity index (χ1n) is 9.93. The molecule has 0 unspecified atom stereocenters. The van der Waals surface area contributed by atoms with Gasteiger partial charge in [0.05, 0.1) is 12.5 Å². The van der Waals surface area contributed by atoms with Crippen molar-refractivity contribution in [1.82, 2.24) is 15.5 Å². The van der Waals surface area contributed by atoms with Crippen LogP contribution in [0.4, 0.5) is 4.79 Å². The number of ether oxygens (including phenoxy) is 2. The monoisotopic (exact) mass is 384 g/mol. The Hall–Kier alpha value is -1.99. The molecule has 1 fully saturated rings. The van der Waals surface area contributed by atoms with Gasteiger partial charge < -0.3 is 25.0 Å². The zero-order chi connectivity index (χ0) is 20.3. The number of nitrogens with zero attached hydrogens (tertiary/aromatic N) is 2. The van der Waals surface area contributed by atoms with E-state index in [1.54, 1.807) is 0 Å². The summed E-state index contributed by atoms with van der Waals surface area (Å²) in [7, 11) is 0. The van der Waals surface area contributed by atoms with Gasteiger partial charge in [0.1, 0.15) is 5.60 Å². The second kappa shape index (κ2) is 11.7. The second-order valence-corrected chi connectivity index (χ2v) is 7.53. The van der Waals surface area contributed by atoms with Gasteiger partial charge in [0.15, 0.2) is 5.96 Å². The molecule has 0 aromatic rings. The number of likely N-dealkylation sites (tertiary alicyclic amines) is 1. The zero-order valence-electron chi connectivity index (χ0n) is 17.5. The van der Waals surface area contributed by atoms with Gasteiger partial charge in [-0.25, -0.2) is 4.79 Å². The normalized spacial score (nSPS) is 16.0. The summed E-state index contributed by atoms with van der Waals surface area (Å²) in [5.74, 6) is 0.756. The molecule has 0 spiro atoms. The molecule has 0 bridgehead atoms. The summed E-state index contributed by atoms with van der Waals surface area (Å²) in [6.07, 6.45) is 1.89. The Morgan fingerprint density at radius 2 is 1.81 bits per heavy atom. The maximum absolute atomic E-state index is 11.9. The van der Waals surface area contributed by atoms with Gasteiger partial charge in [-0.2, -0.15) is 0 Å². The van der Waals surface area contributed by atoms with Gasteiger partial charge in [-0.3, -0.25) is 9.79 Å². The van der Waals surface area contributed by atoms with Crippen LogP contribution < -0.4 is 10.6 Å². The lowest BCUT2D eigenvalue weighted by molar-refractivity contribution is -0.149. The number of aliphatic imine (C=N–C) groups is 1. The molecule has 0 aromatic carbocycles. The Balaban J connectivity index is 2.38. The topological polar surface area (TPSA) is 92.3 Å². The maximum atomic E-state index is 11.9. The summed E-state index contributed by atoms with van der Waals surface area (Å²) in [6.45, 7) is 13.3. The number of nitrogens with one attached hydrogen (secondary N) is 2. The van der Waals surface area contributed by atoms with Crippen molar-refractivity contribution in [3.05, 3.63) is 0 Å². The largest absolute Gasteiger partial charge is 0.466 e. The second-order valence-electron chi connectivity index (χ2n) is 7.53. The molecule has 0 radical (unpaired) electrons. The molecule has 8 heteroatoms. The van der Waals surface area contributed by atoms with Crippen molar-refractivity contribution in [1.29, 1.82) is 0 Å². The quantitative estimate of drug-likeness (QED) is 0.302. The first-order valence-corrected chi connectivity index (χ1v) is 9.93. The number of amides is 1. The van der Waals surface area contributed by atoms with Crippen LogP contribution in [0.5, 0.6) is 0 Å². The SMILES string of the molecule is CCNC(=NCCCNC(=O)OC(C)(C)C)N1CCC(C(=O)OCC)CC1. The lowest BCUT2D eigenvalue weighted by Crippen LogP contribution is -2.46. The fraction of sp³-hybridized carbons (Fsp3) is 0.842. The van der Waals surface area contributed by atoms with E-state index in [1.165, 1.54) is 0 Å². The molecule has 1 heterocycles. The summed E-state index contributed by atoms with van der Waals surface area (Å²) in [6, 6.07) is 0. The van der Waals surface area contributed by atoms with Crippen LogP contribution in [-0.2, 0) is 14.3 Å². The Morgan fingerprint density at radius 3 is 2.37 bits per heavy atom. The lowest BCUT2D eigenvalue weighted by atomic mass is 9.97. The molecule has 0 aliphatic carbocycles. The van der Waals surface area contributed by atoms with E-state index in [9.17, 15) is 9.59 Å². The Labute approximate surface area is 163 Å². The third-order valence-electron chi connectivity index (χ3n) is 4.01.